The van der Waals surface area contributed by atoms with Crippen molar-refractivity contribution in [2.24, 2.45) is 0 Å². The van der Waals surface area contributed by atoms with Crippen LogP contribution in [0.1, 0.15) is 24.3 Å². The molecule has 0 radical (unpaired) electrons. The lowest BCUT2D eigenvalue weighted by atomic mass is 9.92. The van der Waals surface area contributed by atoms with Crippen molar-refractivity contribution < 1.29 is 4.74 Å². The molecule has 0 aliphatic carbocycles. The summed E-state index contributed by atoms with van der Waals surface area (Å²) in [6.07, 6.45) is 3.61. The van der Waals surface area contributed by atoms with Gasteiger partial charge in [0.2, 0.25) is 0 Å². The summed E-state index contributed by atoms with van der Waals surface area (Å²) in [5.74, 6) is 1.06. The Morgan fingerprint density at radius 1 is 1.29 bits per heavy atom. The zero-order valence-electron chi connectivity index (χ0n) is 8.07. The molecule has 2 rings (SSSR count). The summed E-state index contributed by atoms with van der Waals surface area (Å²) in [4.78, 5) is 4.07. The maximum absolute atomic E-state index is 5.81. The number of ether oxygens (including phenoxy) is 1. The maximum atomic E-state index is 5.81. The Balaban J connectivity index is 2.24. The van der Waals surface area contributed by atoms with E-state index in [9.17, 15) is 0 Å². The van der Waals surface area contributed by atoms with E-state index < -0.39 is 0 Å². The Morgan fingerprint density at radius 3 is 2.71 bits per heavy atom. The largest absolute Gasteiger partial charge is 0.397 e. The van der Waals surface area contributed by atoms with Crippen LogP contribution in [-0.2, 0) is 4.74 Å². The first kappa shape index (κ1) is 9.27. The highest BCUT2D eigenvalue weighted by molar-refractivity contribution is 5.50. The van der Waals surface area contributed by atoms with Gasteiger partial charge in [0.25, 0.3) is 0 Å². The van der Waals surface area contributed by atoms with Crippen LogP contribution in [0.15, 0.2) is 12.3 Å². The molecule has 1 aromatic rings. The molecule has 0 bridgehead atoms. The topological polar surface area (TPSA) is 74.2 Å². The summed E-state index contributed by atoms with van der Waals surface area (Å²) in [5.41, 5.74) is 13.3. The summed E-state index contributed by atoms with van der Waals surface area (Å²) < 4.78 is 5.30. The predicted molar refractivity (Wildman–Crippen MR) is 55.9 cm³/mol. The van der Waals surface area contributed by atoms with Gasteiger partial charge in [-0.05, 0) is 30.4 Å². The SMILES string of the molecule is Nc1cnc(N)c(C2CCOCC2)c1. The number of rotatable bonds is 1. The number of hydrogen-bond acceptors (Lipinski definition) is 4. The molecule has 1 aromatic heterocycles. The minimum Gasteiger partial charge on any atom is -0.397 e. The molecule has 0 aromatic carbocycles. The molecule has 0 unspecified atom stereocenters. The Labute approximate surface area is 83.3 Å². The quantitative estimate of drug-likeness (QED) is 0.701. The molecular weight excluding hydrogens is 178 g/mol. The first-order chi connectivity index (χ1) is 6.77. The molecule has 2 heterocycles. The molecule has 4 heteroatoms. The molecule has 4 nitrogen and oxygen atoms in total. The number of aromatic nitrogens is 1. The maximum Gasteiger partial charge on any atom is 0.126 e. The van der Waals surface area contributed by atoms with Crippen molar-refractivity contribution in [2.75, 3.05) is 24.7 Å². The zero-order valence-corrected chi connectivity index (χ0v) is 8.07. The van der Waals surface area contributed by atoms with Crippen LogP contribution in [-0.4, -0.2) is 18.2 Å². The van der Waals surface area contributed by atoms with E-state index in [0.717, 1.165) is 31.6 Å². The molecule has 1 aliphatic heterocycles. The third-order valence-corrected chi connectivity index (χ3v) is 2.63. The van der Waals surface area contributed by atoms with Gasteiger partial charge in [-0.15, -0.1) is 0 Å². The summed E-state index contributed by atoms with van der Waals surface area (Å²) in [7, 11) is 0. The lowest BCUT2D eigenvalue weighted by Gasteiger charge is -2.23. The first-order valence-corrected chi connectivity index (χ1v) is 4.86. The second-order valence-electron chi connectivity index (χ2n) is 3.63. The van der Waals surface area contributed by atoms with E-state index in [2.05, 4.69) is 4.98 Å². The van der Waals surface area contributed by atoms with Gasteiger partial charge in [0, 0.05) is 13.2 Å². The van der Waals surface area contributed by atoms with Crippen LogP contribution in [0.5, 0.6) is 0 Å². The minimum absolute atomic E-state index is 0.458. The molecule has 0 amide bonds. The second-order valence-corrected chi connectivity index (χ2v) is 3.63. The summed E-state index contributed by atoms with van der Waals surface area (Å²) >= 11 is 0. The second kappa shape index (κ2) is 3.84. The van der Waals surface area contributed by atoms with E-state index in [-0.39, 0.29) is 0 Å². The molecule has 14 heavy (non-hydrogen) atoms. The van der Waals surface area contributed by atoms with Gasteiger partial charge in [0.15, 0.2) is 0 Å². The van der Waals surface area contributed by atoms with Crippen LogP contribution >= 0.6 is 0 Å². The molecule has 1 fully saturated rings. The minimum atomic E-state index is 0.458. The van der Waals surface area contributed by atoms with Crippen molar-refractivity contribution in [3.8, 4) is 0 Å². The molecule has 0 spiro atoms. The fourth-order valence-corrected chi connectivity index (χ4v) is 1.84. The van der Waals surface area contributed by atoms with Gasteiger partial charge in [-0.2, -0.15) is 0 Å². The van der Waals surface area contributed by atoms with E-state index >= 15 is 0 Å². The lowest BCUT2D eigenvalue weighted by Crippen LogP contribution is -2.16. The zero-order chi connectivity index (χ0) is 9.97. The highest BCUT2D eigenvalue weighted by Crippen LogP contribution is 2.30. The Morgan fingerprint density at radius 2 is 2.00 bits per heavy atom. The summed E-state index contributed by atoms with van der Waals surface area (Å²) in [5, 5.41) is 0. The lowest BCUT2D eigenvalue weighted by molar-refractivity contribution is 0.0854. The molecule has 0 saturated carbocycles. The van der Waals surface area contributed by atoms with Crippen molar-refractivity contribution in [3.05, 3.63) is 17.8 Å². The number of hydrogen-bond donors (Lipinski definition) is 2. The normalized spacial score (nSPS) is 18.3. The molecule has 76 valence electrons. The van der Waals surface area contributed by atoms with Gasteiger partial charge in [-0.25, -0.2) is 4.98 Å². The first-order valence-electron chi connectivity index (χ1n) is 4.86. The molecule has 1 aliphatic rings. The highest BCUT2D eigenvalue weighted by atomic mass is 16.5. The van der Waals surface area contributed by atoms with Crippen molar-refractivity contribution in [3.63, 3.8) is 0 Å². The van der Waals surface area contributed by atoms with Gasteiger partial charge in [-0.3, -0.25) is 0 Å². The smallest absolute Gasteiger partial charge is 0.126 e. The third-order valence-electron chi connectivity index (χ3n) is 2.63. The van der Waals surface area contributed by atoms with Crippen LogP contribution in [0.25, 0.3) is 0 Å². The molecule has 1 saturated heterocycles. The van der Waals surface area contributed by atoms with Crippen LogP contribution in [0.2, 0.25) is 0 Å². The number of pyridine rings is 1. The monoisotopic (exact) mass is 193 g/mol. The van der Waals surface area contributed by atoms with Crippen LogP contribution in [0.4, 0.5) is 11.5 Å². The van der Waals surface area contributed by atoms with E-state index in [1.807, 2.05) is 6.07 Å². The van der Waals surface area contributed by atoms with Gasteiger partial charge >= 0.3 is 0 Å². The van der Waals surface area contributed by atoms with Crippen molar-refractivity contribution in [2.45, 2.75) is 18.8 Å². The average molecular weight is 193 g/mol. The standard InChI is InChI=1S/C10H15N3O/c11-8-5-9(10(12)13-6-8)7-1-3-14-4-2-7/h5-7H,1-4,11H2,(H2,12,13). The van der Waals surface area contributed by atoms with Crippen LogP contribution in [0, 0.1) is 0 Å². The fraction of sp³-hybridized carbons (Fsp3) is 0.500. The molecule has 0 atom stereocenters. The predicted octanol–water partition coefficient (Wildman–Crippen LogP) is 1.14. The van der Waals surface area contributed by atoms with Gasteiger partial charge in [0.05, 0.1) is 11.9 Å². The summed E-state index contributed by atoms with van der Waals surface area (Å²) in [6.45, 7) is 1.61. The number of nitrogens with two attached hydrogens (primary N) is 2. The molecule has 4 N–H and O–H groups in total. The van der Waals surface area contributed by atoms with Gasteiger partial charge in [-0.1, -0.05) is 0 Å². The van der Waals surface area contributed by atoms with Crippen LogP contribution in [0.3, 0.4) is 0 Å². The van der Waals surface area contributed by atoms with Crippen molar-refractivity contribution >= 4 is 11.5 Å². The molecular formula is C10H15N3O. The van der Waals surface area contributed by atoms with Crippen LogP contribution < -0.4 is 11.5 Å². The third kappa shape index (κ3) is 1.80. The number of anilines is 2. The fourth-order valence-electron chi connectivity index (χ4n) is 1.84. The average Bonchev–Trinajstić information content (AvgIpc) is 2.23. The van der Waals surface area contributed by atoms with E-state index in [1.165, 1.54) is 0 Å². The summed E-state index contributed by atoms with van der Waals surface area (Å²) in [6, 6.07) is 1.93. The van der Waals surface area contributed by atoms with Gasteiger partial charge in [0.1, 0.15) is 5.82 Å². The van der Waals surface area contributed by atoms with E-state index in [0.29, 0.717) is 17.4 Å². The highest BCUT2D eigenvalue weighted by Gasteiger charge is 2.18. The van der Waals surface area contributed by atoms with Crippen molar-refractivity contribution in [1.29, 1.82) is 0 Å². The van der Waals surface area contributed by atoms with Gasteiger partial charge < -0.3 is 16.2 Å². The Hall–Kier alpha value is -1.29. The Bertz CT molecular complexity index is 321. The number of nitrogens with zero attached hydrogens (tertiary/aromatic N) is 1. The van der Waals surface area contributed by atoms with Crippen molar-refractivity contribution in [1.82, 2.24) is 4.98 Å². The van der Waals surface area contributed by atoms with E-state index in [1.54, 1.807) is 6.20 Å². The number of nitrogen functional groups attached to an aromatic ring is 2. The Kier molecular flexibility index (Phi) is 2.54. The van der Waals surface area contributed by atoms with E-state index in [4.69, 9.17) is 16.2 Å².